The molecule has 0 radical (unpaired) electrons. The first-order valence-corrected chi connectivity index (χ1v) is 6.99. The number of nitrogens with one attached hydrogen (secondary N) is 1. The average Bonchev–Trinajstić information content (AvgIpc) is 2.39. The van der Waals surface area contributed by atoms with Crippen LogP contribution in [0.1, 0.15) is 19.8 Å². The van der Waals surface area contributed by atoms with Gasteiger partial charge in [0.25, 0.3) is 0 Å². The summed E-state index contributed by atoms with van der Waals surface area (Å²) in [5.74, 6) is 1.59. The predicted octanol–water partition coefficient (Wildman–Crippen LogP) is 2.60. The molecule has 2 rings (SSSR count). The Balaban J connectivity index is 2.05. The van der Waals surface area contributed by atoms with Crippen molar-refractivity contribution in [1.29, 1.82) is 0 Å². The second-order valence-corrected chi connectivity index (χ2v) is 5.04. The number of benzene rings is 1. The van der Waals surface area contributed by atoms with E-state index >= 15 is 0 Å². The molecular formula is C15H24N2O2. The van der Waals surface area contributed by atoms with Crippen LogP contribution in [0.3, 0.4) is 0 Å². The maximum absolute atomic E-state index is 5.60. The average molecular weight is 264 g/mol. The molecule has 0 bridgehead atoms. The van der Waals surface area contributed by atoms with Crippen molar-refractivity contribution in [2.45, 2.75) is 25.8 Å². The molecule has 1 aliphatic rings. The zero-order valence-electron chi connectivity index (χ0n) is 12.1. The number of rotatable bonds is 5. The minimum absolute atomic E-state index is 0.515. The minimum atomic E-state index is 0.515. The van der Waals surface area contributed by atoms with E-state index in [1.165, 1.54) is 19.4 Å². The first-order valence-electron chi connectivity index (χ1n) is 6.99. The van der Waals surface area contributed by atoms with Gasteiger partial charge >= 0.3 is 0 Å². The van der Waals surface area contributed by atoms with E-state index < -0.39 is 0 Å². The van der Waals surface area contributed by atoms with Gasteiger partial charge in [0.1, 0.15) is 0 Å². The normalized spacial score (nSPS) is 20.1. The fourth-order valence-corrected chi connectivity index (χ4v) is 2.55. The van der Waals surface area contributed by atoms with E-state index in [1.807, 2.05) is 19.1 Å². The van der Waals surface area contributed by atoms with Gasteiger partial charge in [0, 0.05) is 24.3 Å². The molecule has 0 spiro atoms. The van der Waals surface area contributed by atoms with Crippen LogP contribution >= 0.6 is 0 Å². The summed E-state index contributed by atoms with van der Waals surface area (Å²) in [5, 5.41) is 3.58. The predicted molar refractivity (Wildman–Crippen MR) is 78.3 cm³/mol. The van der Waals surface area contributed by atoms with Crippen LogP contribution in [0.25, 0.3) is 0 Å². The minimum Gasteiger partial charge on any atom is -0.493 e. The van der Waals surface area contributed by atoms with E-state index in [9.17, 15) is 0 Å². The number of methoxy groups -OCH3 is 1. The Morgan fingerprint density at radius 2 is 2.21 bits per heavy atom. The van der Waals surface area contributed by atoms with Crippen molar-refractivity contribution < 1.29 is 9.47 Å². The molecule has 4 heteroatoms. The Labute approximate surface area is 115 Å². The maximum Gasteiger partial charge on any atom is 0.163 e. The summed E-state index contributed by atoms with van der Waals surface area (Å²) in [6.45, 7) is 4.92. The molecule has 106 valence electrons. The third-order valence-electron chi connectivity index (χ3n) is 3.46. The first-order chi connectivity index (χ1) is 9.22. The summed E-state index contributed by atoms with van der Waals surface area (Å²) in [6.07, 6.45) is 2.48. The van der Waals surface area contributed by atoms with Gasteiger partial charge in [0.2, 0.25) is 0 Å². The Morgan fingerprint density at radius 3 is 2.89 bits per heavy atom. The van der Waals surface area contributed by atoms with Gasteiger partial charge in [0.15, 0.2) is 11.5 Å². The monoisotopic (exact) mass is 264 g/mol. The molecular weight excluding hydrogens is 240 g/mol. The highest BCUT2D eigenvalue weighted by Crippen LogP contribution is 2.30. The van der Waals surface area contributed by atoms with Gasteiger partial charge in [-0.05, 0) is 45.5 Å². The highest BCUT2D eigenvalue weighted by Gasteiger charge is 2.17. The van der Waals surface area contributed by atoms with Gasteiger partial charge in [-0.2, -0.15) is 0 Å². The fourth-order valence-electron chi connectivity index (χ4n) is 2.55. The summed E-state index contributed by atoms with van der Waals surface area (Å²) < 4.78 is 10.9. The molecule has 1 N–H and O–H groups in total. The van der Waals surface area contributed by atoms with E-state index in [0.29, 0.717) is 12.6 Å². The van der Waals surface area contributed by atoms with E-state index in [1.54, 1.807) is 7.11 Å². The third-order valence-corrected chi connectivity index (χ3v) is 3.46. The van der Waals surface area contributed by atoms with Crippen molar-refractivity contribution in [1.82, 2.24) is 4.90 Å². The van der Waals surface area contributed by atoms with Gasteiger partial charge in [-0.25, -0.2) is 0 Å². The smallest absolute Gasteiger partial charge is 0.163 e. The first kappa shape index (κ1) is 14.0. The van der Waals surface area contributed by atoms with Crippen LogP contribution in [0.4, 0.5) is 5.69 Å². The second-order valence-electron chi connectivity index (χ2n) is 5.04. The molecule has 19 heavy (non-hydrogen) atoms. The standard InChI is InChI=1S/C15H24N2O2/c1-4-19-15-10-12(7-8-14(15)18-3)16-13-6-5-9-17(2)11-13/h7-8,10,13,16H,4-6,9,11H2,1-3H3. The molecule has 1 atom stereocenters. The van der Waals surface area contributed by atoms with E-state index in [4.69, 9.17) is 9.47 Å². The summed E-state index contributed by atoms with van der Waals surface area (Å²) in [4.78, 5) is 2.37. The summed E-state index contributed by atoms with van der Waals surface area (Å²) in [6, 6.07) is 6.55. The second kappa shape index (κ2) is 6.66. The lowest BCUT2D eigenvalue weighted by Gasteiger charge is -2.31. The molecule has 1 aliphatic heterocycles. The number of piperidine rings is 1. The molecule has 1 heterocycles. The van der Waals surface area contributed by atoms with Crippen molar-refractivity contribution >= 4 is 5.69 Å². The van der Waals surface area contributed by atoms with Crippen LogP contribution < -0.4 is 14.8 Å². The van der Waals surface area contributed by atoms with Crippen LogP contribution in [0.5, 0.6) is 11.5 Å². The number of anilines is 1. The SMILES string of the molecule is CCOc1cc(NC2CCCN(C)C2)ccc1OC. The van der Waals surface area contributed by atoms with E-state index in [-0.39, 0.29) is 0 Å². The van der Waals surface area contributed by atoms with Crippen LogP contribution in [0.15, 0.2) is 18.2 Å². The number of likely N-dealkylation sites (tertiary alicyclic amines) is 1. The number of nitrogens with zero attached hydrogens (tertiary/aromatic N) is 1. The molecule has 1 aromatic carbocycles. The van der Waals surface area contributed by atoms with Gasteiger partial charge in [-0.3, -0.25) is 0 Å². The van der Waals surface area contributed by atoms with Gasteiger partial charge < -0.3 is 19.7 Å². The Morgan fingerprint density at radius 1 is 1.37 bits per heavy atom. The largest absolute Gasteiger partial charge is 0.493 e. The van der Waals surface area contributed by atoms with Gasteiger partial charge in [-0.15, -0.1) is 0 Å². The van der Waals surface area contributed by atoms with Gasteiger partial charge in [0.05, 0.1) is 13.7 Å². The molecule has 1 aromatic rings. The summed E-state index contributed by atoms with van der Waals surface area (Å²) >= 11 is 0. The highest BCUT2D eigenvalue weighted by molar-refractivity contribution is 5.55. The number of likely N-dealkylation sites (N-methyl/N-ethyl adjacent to an activating group) is 1. The van der Waals surface area contributed by atoms with Crippen molar-refractivity contribution in [2.24, 2.45) is 0 Å². The third kappa shape index (κ3) is 3.77. The van der Waals surface area contributed by atoms with E-state index in [2.05, 4.69) is 23.3 Å². The van der Waals surface area contributed by atoms with Crippen molar-refractivity contribution in [3.05, 3.63) is 18.2 Å². The Kier molecular flexibility index (Phi) is 4.91. The number of hydrogen-bond donors (Lipinski definition) is 1. The summed E-state index contributed by atoms with van der Waals surface area (Å²) in [5.41, 5.74) is 1.10. The molecule has 1 unspecified atom stereocenters. The summed E-state index contributed by atoms with van der Waals surface area (Å²) in [7, 11) is 3.84. The number of ether oxygens (including phenoxy) is 2. The van der Waals surface area contributed by atoms with Gasteiger partial charge in [-0.1, -0.05) is 0 Å². The lowest BCUT2D eigenvalue weighted by molar-refractivity contribution is 0.261. The highest BCUT2D eigenvalue weighted by atomic mass is 16.5. The van der Waals surface area contributed by atoms with E-state index in [0.717, 1.165) is 23.7 Å². The molecule has 4 nitrogen and oxygen atoms in total. The number of hydrogen-bond acceptors (Lipinski definition) is 4. The van der Waals surface area contributed by atoms with Crippen LogP contribution in [-0.4, -0.2) is 44.8 Å². The lowest BCUT2D eigenvalue weighted by Crippen LogP contribution is -2.39. The zero-order valence-corrected chi connectivity index (χ0v) is 12.1. The molecule has 1 fully saturated rings. The topological polar surface area (TPSA) is 33.7 Å². The molecule has 1 saturated heterocycles. The maximum atomic E-state index is 5.60. The van der Waals surface area contributed by atoms with Crippen LogP contribution in [-0.2, 0) is 0 Å². The van der Waals surface area contributed by atoms with Crippen molar-refractivity contribution in [3.8, 4) is 11.5 Å². The molecule has 0 aliphatic carbocycles. The van der Waals surface area contributed by atoms with Crippen LogP contribution in [0, 0.1) is 0 Å². The molecule has 0 amide bonds. The Hall–Kier alpha value is -1.42. The fraction of sp³-hybridized carbons (Fsp3) is 0.600. The quantitative estimate of drug-likeness (QED) is 0.886. The molecule has 0 aromatic heterocycles. The zero-order chi connectivity index (χ0) is 13.7. The van der Waals surface area contributed by atoms with Crippen LogP contribution in [0.2, 0.25) is 0 Å². The molecule has 0 saturated carbocycles. The van der Waals surface area contributed by atoms with Crippen molar-refractivity contribution in [2.75, 3.05) is 39.2 Å². The van der Waals surface area contributed by atoms with Crippen molar-refractivity contribution in [3.63, 3.8) is 0 Å². The lowest BCUT2D eigenvalue weighted by atomic mass is 10.1. The Bertz CT molecular complexity index is 409.